The van der Waals surface area contributed by atoms with Gasteiger partial charge in [0.25, 0.3) is 0 Å². The van der Waals surface area contributed by atoms with E-state index >= 15 is 0 Å². The maximum Gasteiger partial charge on any atom is 0.165 e. The molecule has 2 aromatic rings. The highest BCUT2D eigenvalue weighted by atomic mass is 35.5. The molecule has 1 atom stereocenters. The molecule has 5 heteroatoms. The number of ether oxygens (including phenoxy) is 1. The number of halogens is 1. The van der Waals surface area contributed by atoms with Gasteiger partial charge in [0, 0.05) is 17.6 Å². The highest BCUT2D eigenvalue weighted by Crippen LogP contribution is 2.29. The zero-order valence-corrected chi connectivity index (χ0v) is 12.1. The van der Waals surface area contributed by atoms with Crippen molar-refractivity contribution in [2.45, 2.75) is 26.4 Å². The summed E-state index contributed by atoms with van der Waals surface area (Å²) in [6.07, 6.45) is 3.56. The van der Waals surface area contributed by atoms with Crippen LogP contribution >= 0.6 is 11.6 Å². The predicted molar refractivity (Wildman–Crippen MR) is 76.9 cm³/mol. The molecule has 2 rings (SSSR count). The Labute approximate surface area is 118 Å². The molecule has 0 saturated carbocycles. The first-order valence-electron chi connectivity index (χ1n) is 6.31. The molecule has 102 valence electrons. The van der Waals surface area contributed by atoms with Crippen LogP contribution in [-0.4, -0.2) is 16.8 Å². The molecule has 4 nitrogen and oxygen atoms in total. The Morgan fingerprint density at radius 1 is 1.42 bits per heavy atom. The summed E-state index contributed by atoms with van der Waals surface area (Å²) in [4.78, 5) is 0. The summed E-state index contributed by atoms with van der Waals surface area (Å²) in [6, 6.07) is 5.93. The third-order valence-electron chi connectivity index (χ3n) is 3.04. The summed E-state index contributed by atoms with van der Waals surface area (Å²) in [7, 11) is 1.91. The minimum atomic E-state index is 0.212. The molecule has 0 radical (unpaired) electrons. The van der Waals surface area contributed by atoms with Crippen molar-refractivity contribution in [1.82, 2.24) is 15.1 Å². The smallest absolute Gasteiger partial charge is 0.165 e. The summed E-state index contributed by atoms with van der Waals surface area (Å²) in [5.74, 6) is 1.43. The molecule has 0 saturated heterocycles. The van der Waals surface area contributed by atoms with E-state index in [9.17, 15) is 0 Å². The molecule has 0 bridgehead atoms. The first-order chi connectivity index (χ1) is 9.13. The van der Waals surface area contributed by atoms with Crippen LogP contribution in [0.2, 0.25) is 5.02 Å². The van der Waals surface area contributed by atoms with Gasteiger partial charge in [-0.1, -0.05) is 17.7 Å². The Bertz CT molecular complexity index is 553. The van der Waals surface area contributed by atoms with E-state index in [0.717, 1.165) is 12.1 Å². The molecule has 0 aliphatic heterocycles. The van der Waals surface area contributed by atoms with Gasteiger partial charge in [-0.05, 0) is 38.6 Å². The summed E-state index contributed by atoms with van der Waals surface area (Å²) < 4.78 is 7.54. The number of rotatable bonds is 5. The largest absolute Gasteiger partial charge is 0.454 e. The van der Waals surface area contributed by atoms with Gasteiger partial charge in [0.2, 0.25) is 0 Å². The number of benzene rings is 1. The second-order valence-electron chi connectivity index (χ2n) is 4.33. The first-order valence-corrected chi connectivity index (χ1v) is 6.69. The zero-order valence-electron chi connectivity index (χ0n) is 11.4. The van der Waals surface area contributed by atoms with Crippen molar-refractivity contribution in [2.24, 2.45) is 0 Å². The molecule has 0 aliphatic carbocycles. The van der Waals surface area contributed by atoms with Gasteiger partial charge in [-0.15, -0.1) is 0 Å². The molecule has 1 aromatic carbocycles. The normalized spacial score (nSPS) is 12.4. The lowest BCUT2D eigenvalue weighted by molar-refractivity contribution is 0.480. The van der Waals surface area contributed by atoms with E-state index in [1.54, 1.807) is 6.20 Å². The Hall–Kier alpha value is -1.52. The van der Waals surface area contributed by atoms with E-state index in [0.29, 0.717) is 16.5 Å². The standard InChI is InChI=1S/C14H18ClN3O/c1-4-18-9-12(8-17-18)19-11-5-6-13(10(2)16-3)14(15)7-11/h5-10,16H,4H2,1-3H3. The molecule has 0 aliphatic rings. The average molecular weight is 280 g/mol. The average Bonchev–Trinajstić information content (AvgIpc) is 2.86. The van der Waals surface area contributed by atoms with Gasteiger partial charge in [-0.25, -0.2) is 0 Å². The van der Waals surface area contributed by atoms with Crippen LogP contribution in [0.3, 0.4) is 0 Å². The molecule has 0 spiro atoms. The maximum atomic E-state index is 6.26. The van der Waals surface area contributed by atoms with Crippen molar-refractivity contribution in [2.75, 3.05) is 7.05 Å². The Morgan fingerprint density at radius 3 is 2.79 bits per heavy atom. The van der Waals surface area contributed by atoms with Crippen molar-refractivity contribution in [3.05, 3.63) is 41.2 Å². The summed E-state index contributed by atoms with van der Waals surface area (Å²) >= 11 is 6.26. The van der Waals surface area contributed by atoms with Gasteiger partial charge in [-0.3, -0.25) is 4.68 Å². The molecule has 1 aromatic heterocycles. The lowest BCUT2D eigenvalue weighted by atomic mass is 10.1. The highest BCUT2D eigenvalue weighted by Gasteiger charge is 2.09. The van der Waals surface area contributed by atoms with E-state index in [1.807, 2.05) is 43.0 Å². The predicted octanol–water partition coefficient (Wildman–Crippen LogP) is 3.63. The number of nitrogens with zero attached hydrogens (tertiary/aromatic N) is 2. The van der Waals surface area contributed by atoms with Crippen LogP contribution < -0.4 is 10.1 Å². The minimum absolute atomic E-state index is 0.212. The topological polar surface area (TPSA) is 39.1 Å². The number of hydrogen-bond donors (Lipinski definition) is 1. The fourth-order valence-corrected chi connectivity index (χ4v) is 2.12. The van der Waals surface area contributed by atoms with Crippen LogP contribution in [0.15, 0.2) is 30.6 Å². The Morgan fingerprint density at radius 2 is 2.21 bits per heavy atom. The number of aryl methyl sites for hydroxylation is 1. The molecule has 0 fully saturated rings. The van der Waals surface area contributed by atoms with Gasteiger partial charge in [0.15, 0.2) is 5.75 Å². The highest BCUT2D eigenvalue weighted by molar-refractivity contribution is 6.31. The van der Waals surface area contributed by atoms with E-state index in [2.05, 4.69) is 17.3 Å². The quantitative estimate of drug-likeness (QED) is 0.908. The summed E-state index contributed by atoms with van der Waals surface area (Å²) in [6.45, 7) is 4.91. The lowest BCUT2D eigenvalue weighted by Crippen LogP contribution is -2.12. The number of aromatic nitrogens is 2. The fraction of sp³-hybridized carbons (Fsp3) is 0.357. The van der Waals surface area contributed by atoms with Crippen LogP contribution in [0.1, 0.15) is 25.5 Å². The molecular formula is C14H18ClN3O. The second-order valence-corrected chi connectivity index (χ2v) is 4.73. The minimum Gasteiger partial charge on any atom is -0.454 e. The van der Waals surface area contributed by atoms with Crippen molar-refractivity contribution in [3.63, 3.8) is 0 Å². The van der Waals surface area contributed by atoms with Crippen molar-refractivity contribution >= 4 is 11.6 Å². The molecule has 1 N–H and O–H groups in total. The van der Waals surface area contributed by atoms with Crippen LogP contribution in [-0.2, 0) is 6.54 Å². The van der Waals surface area contributed by atoms with Crippen molar-refractivity contribution in [3.8, 4) is 11.5 Å². The monoisotopic (exact) mass is 279 g/mol. The van der Waals surface area contributed by atoms with E-state index in [-0.39, 0.29) is 6.04 Å². The summed E-state index contributed by atoms with van der Waals surface area (Å²) in [5.41, 5.74) is 1.06. The molecule has 19 heavy (non-hydrogen) atoms. The third kappa shape index (κ3) is 3.28. The van der Waals surface area contributed by atoms with Gasteiger partial charge >= 0.3 is 0 Å². The van der Waals surface area contributed by atoms with Gasteiger partial charge < -0.3 is 10.1 Å². The van der Waals surface area contributed by atoms with E-state index in [4.69, 9.17) is 16.3 Å². The molecule has 1 unspecified atom stereocenters. The van der Waals surface area contributed by atoms with Crippen LogP contribution in [0.5, 0.6) is 11.5 Å². The van der Waals surface area contributed by atoms with Gasteiger partial charge in [0.05, 0.1) is 12.4 Å². The number of hydrogen-bond acceptors (Lipinski definition) is 3. The van der Waals surface area contributed by atoms with E-state index in [1.165, 1.54) is 0 Å². The van der Waals surface area contributed by atoms with Gasteiger partial charge in [-0.2, -0.15) is 5.10 Å². The summed E-state index contributed by atoms with van der Waals surface area (Å²) in [5, 5.41) is 8.02. The second kappa shape index (κ2) is 6.08. The Balaban J connectivity index is 2.15. The third-order valence-corrected chi connectivity index (χ3v) is 3.37. The van der Waals surface area contributed by atoms with Crippen molar-refractivity contribution < 1.29 is 4.74 Å². The van der Waals surface area contributed by atoms with E-state index < -0.39 is 0 Å². The maximum absolute atomic E-state index is 6.26. The SMILES string of the molecule is CCn1cc(Oc2ccc(C(C)NC)c(Cl)c2)cn1. The van der Waals surface area contributed by atoms with Crippen molar-refractivity contribution in [1.29, 1.82) is 0 Å². The van der Waals surface area contributed by atoms with Crippen LogP contribution in [0.4, 0.5) is 0 Å². The fourth-order valence-electron chi connectivity index (χ4n) is 1.78. The zero-order chi connectivity index (χ0) is 13.8. The van der Waals surface area contributed by atoms with Crippen LogP contribution in [0, 0.1) is 0 Å². The van der Waals surface area contributed by atoms with Crippen LogP contribution in [0.25, 0.3) is 0 Å². The molecular weight excluding hydrogens is 262 g/mol. The number of nitrogens with one attached hydrogen (secondary N) is 1. The Kier molecular flexibility index (Phi) is 4.45. The first kappa shape index (κ1) is 13.9. The lowest BCUT2D eigenvalue weighted by Gasteiger charge is -2.13. The molecule has 0 amide bonds. The van der Waals surface area contributed by atoms with Gasteiger partial charge in [0.1, 0.15) is 5.75 Å². The molecule has 1 heterocycles.